The highest BCUT2D eigenvalue weighted by Gasteiger charge is 1.83. The van der Waals surface area contributed by atoms with Crippen molar-refractivity contribution in [2.24, 2.45) is 0 Å². The van der Waals surface area contributed by atoms with E-state index < -0.39 is 6.10 Å². The summed E-state index contributed by atoms with van der Waals surface area (Å²) in [6, 6.07) is 0. The van der Waals surface area contributed by atoms with Gasteiger partial charge in [0.2, 0.25) is 0 Å². The molecular weight excluding hydrogens is 120 g/mol. The molecule has 0 aliphatic heterocycles. The summed E-state index contributed by atoms with van der Waals surface area (Å²) < 4.78 is 0. The van der Waals surface area contributed by atoms with Gasteiger partial charge >= 0.3 is 0 Å². The Morgan fingerprint density at radius 1 is 1.33 bits per heavy atom. The molecule has 0 heterocycles. The molecule has 0 saturated carbocycles. The Bertz CT molecular complexity index is 39.9. The van der Waals surface area contributed by atoms with Gasteiger partial charge in [0.25, 0.3) is 0 Å². The minimum Gasteiger partial charge on any atom is -0.394 e. The first-order chi connectivity index (χ1) is 4.18. The normalized spacial score (nSPS) is 11.7. The van der Waals surface area contributed by atoms with Crippen LogP contribution in [0.15, 0.2) is 0 Å². The van der Waals surface area contributed by atoms with E-state index in [1.807, 2.05) is 14.1 Å². The third-order valence-corrected chi connectivity index (χ3v) is 0.514. The van der Waals surface area contributed by atoms with Crippen molar-refractivity contribution in [1.29, 1.82) is 0 Å². The van der Waals surface area contributed by atoms with Crippen molar-refractivity contribution in [2.45, 2.75) is 13.0 Å². The Morgan fingerprint density at radius 2 is 1.56 bits per heavy atom. The van der Waals surface area contributed by atoms with Crippen LogP contribution in [0.5, 0.6) is 0 Å². The molecule has 58 valence electrons. The predicted molar refractivity (Wildman–Crippen MR) is 36.9 cm³/mol. The molecule has 0 saturated heterocycles. The average molecular weight is 136 g/mol. The van der Waals surface area contributed by atoms with Gasteiger partial charge in [-0.15, -0.1) is 0 Å². The number of hydrogen-bond acceptors (Lipinski definition) is 4. The molecule has 0 aromatic rings. The summed E-state index contributed by atoms with van der Waals surface area (Å²) in [6.07, 6.45) is -0.560. The van der Waals surface area contributed by atoms with E-state index in [0.717, 1.165) is 0 Å². The zero-order chi connectivity index (χ0) is 7.70. The highest BCUT2D eigenvalue weighted by atomic mass is 16.3. The van der Waals surface area contributed by atoms with E-state index in [1.165, 1.54) is 6.92 Å². The van der Waals surface area contributed by atoms with Crippen molar-refractivity contribution >= 4 is 0 Å². The van der Waals surface area contributed by atoms with E-state index in [2.05, 4.69) is 10.9 Å². The topological polar surface area (TPSA) is 64.5 Å². The van der Waals surface area contributed by atoms with E-state index in [1.54, 1.807) is 0 Å². The fourth-order valence-corrected chi connectivity index (χ4v) is 0. The van der Waals surface area contributed by atoms with Crippen LogP contribution in [0.25, 0.3) is 0 Å². The lowest BCUT2D eigenvalue weighted by Crippen LogP contribution is -2.21. The molecule has 0 aromatic carbocycles. The van der Waals surface area contributed by atoms with Crippen LogP contribution >= 0.6 is 0 Å². The van der Waals surface area contributed by atoms with Gasteiger partial charge in [-0.2, -0.15) is 0 Å². The van der Waals surface area contributed by atoms with E-state index >= 15 is 0 Å². The summed E-state index contributed by atoms with van der Waals surface area (Å²) in [7, 11) is 3.64. The summed E-state index contributed by atoms with van der Waals surface area (Å²) in [5.74, 6) is 0. The van der Waals surface area contributed by atoms with Gasteiger partial charge < -0.3 is 10.2 Å². The Hall–Kier alpha value is -0.160. The first-order valence-corrected chi connectivity index (χ1v) is 2.81. The predicted octanol–water partition coefficient (Wildman–Crippen LogP) is -1.30. The zero-order valence-corrected chi connectivity index (χ0v) is 6.18. The molecule has 0 bridgehead atoms. The van der Waals surface area contributed by atoms with Crippen molar-refractivity contribution in [3.8, 4) is 0 Å². The number of rotatable bonds is 2. The molecule has 1 unspecified atom stereocenters. The molecule has 9 heavy (non-hydrogen) atoms. The van der Waals surface area contributed by atoms with E-state index in [0.29, 0.717) is 0 Å². The highest BCUT2D eigenvalue weighted by molar-refractivity contribution is 4.34. The SMILES string of the molecule is CC(O)CO.CNNC. The van der Waals surface area contributed by atoms with Crippen LogP contribution < -0.4 is 10.9 Å². The Morgan fingerprint density at radius 3 is 1.56 bits per heavy atom. The van der Waals surface area contributed by atoms with E-state index in [-0.39, 0.29) is 6.61 Å². The lowest BCUT2D eigenvalue weighted by molar-refractivity contribution is 0.110. The maximum atomic E-state index is 8.11. The molecule has 4 nitrogen and oxygen atoms in total. The van der Waals surface area contributed by atoms with Crippen LogP contribution in [0.2, 0.25) is 0 Å². The Labute approximate surface area is 55.9 Å². The van der Waals surface area contributed by atoms with Gasteiger partial charge in [-0.3, -0.25) is 10.9 Å². The fourth-order valence-electron chi connectivity index (χ4n) is 0. The molecule has 0 radical (unpaired) electrons. The molecule has 0 amide bonds. The maximum absolute atomic E-state index is 8.11. The number of hydrazine groups is 1. The minimum absolute atomic E-state index is 0.139. The van der Waals surface area contributed by atoms with Gasteiger partial charge in [0.05, 0.1) is 12.7 Å². The van der Waals surface area contributed by atoms with Crippen LogP contribution in [-0.2, 0) is 0 Å². The second-order valence-electron chi connectivity index (χ2n) is 1.53. The van der Waals surface area contributed by atoms with Gasteiger partial charge in [-0.05, 0) is 21.0 Å². The van der Waals surface area contributed by atoms with Crippen LogP contribution in [0.4, 0.5) is 0 Å². The molecule has 0 aliphatic carbocycles. The zero-order valence-electron chi connectivity index (χ0n) is 6.18. The lowest BCUT2D eigenvalue weighted by atomic mass is 10.5. The quantitative estimate of drug-likeness (QED) is 0.356. The Balaban J connectivity index is 0. The van der Waals surface area contributed by atoms with Gasteiger partial charge in [0, 0.05) is 0 Å². The van der Waals surface area contributed by atoms with Gasteiger partial charge in [-0.25, -0.2) is 0 Å². The molecule has 1 atom stereocenters. The first-order valence-electron chi connectivity index (χ1n) is 2.81. The summed E-state index contributed by atoms with van der Waals surface area (Å²) in [6.45, 7) is 1.39. The number of aliphatic hydroxyl groups excluding tert-OH is 2. The highest BCUT2D eigenvalue weighted by Crippen LogP contribution is 1.68. The standard InChI is InChI=1S/C3H8O2.C2H8N2/c1-3(5)2-4;1-3-4-2/h3-5H,2H2,1H3;3-4H,1-2H3. The van der Waals surface area contributed by atoms with Gasteiger partial charge in [-0.1, -0.05) is 0 Å². The molecule has 4 N–H and O–H groups in total. The molecule has 0 spiro atoms. The van der Waals surface area contributed by atoms with Crippen molar-refractivity contribution in [3.63, 3.8) is 0 Å². The summed E-state index contributed by atoms with van der Waals surface area (Å²) in [5.41, 5.74) is 5.36. The molecule has 4 heteroatoms. The largest absolute Gasteiger partial charge is 0.394 e. The molecule has 0 aliphatic rings. The summed E-state index contributed by atoms with van der Waals surface area (Å²) in [5, 5.41) is 16.0. The van der Waals surface area contributed by atoms with Crippen LogP contribution in [0.1, 0.15) is 6.92 Å². The summed E-state index contributed by atoms with van der Waals surface area (Å²) >= 11 is 0. The molecule has 0 fully saturated rings. The third kappa shape index (κ3) is 33.2. The summed E-state index contributed by atoms with van der Waals surface area (Å²) in [4.78, 5) is 0. The number of aliphatic hydroxyl groups is 2. The van der Waals surface area contributed by atoms with Crippen LogP contribution in [0, 0.1) is 0 Å². The smallest absolute Gasteiger partial charge is 0.0742 e. The second kappa shape index (κ2) is 10.8. The fraction of sp³-hybridized carbons (Fsp3) is 1.00. The molecule has 0 rings (SSSR count). The van der Waals surface area contributed by atoms with E-state index in [4.69, 9.17) is 10.2 Å². The second-order valence-corrected chi connectivity index (χ2v) is 1.53. The van der Waals surface area contributed by atoms with Crippen molar-refractivity contribution < 1.29 is 10.2 Å². The number of hydrogen-bond donors (Lipinski definition) is 4. The molecular formula is C5H16N2O2. The first kappa shape index (κ1) is 11.6. The van der Waals surface area contributed by atoms with E-state index in [9.17, 15) is 0 Å². The van der Waals surface area contributed by atoms with Crippen molar-refractivity contribution in [2.75, 3.05) is 20.7 Å². The van der Waals surface area contributed by atoms with Crippen molar-refractivity contribution in [3.05, 3.63) is 0 Å². The van der Waals surface area contributed by atoms with Gasteiger partial charge in [0.15, 0.2) is 0 Å². The minimum atomic E-state index is -0.560. The van der Waals surface area contributed by atoms with Crippen LogP contribution in [0.3, 0.4) is 0 Å². The maximum Gasteiger partial charge on any atom is 0.0742 e. The molecule has 0 aromatic heterocycles. The lowest BCUT2D eigenvalue weighted by Gasteiger charge is -1.90. The van der Waals surface area contributed by atoms with Gasteiger partial charge in [0.1, 0.15) is 0 Å². The Kier molecular flexibility index (Phi) is 13.9. The monoisotopic (exact) mass is 136 g/mol. The number of nitrogens with one attached hydrogen (secondary N) is 2. The van der Waals surface area contributed by atoms with Crippen molar-refractivity contribution in [1.82, 2.24) is 10.9 Å². The van der Waals surface area contributed by atoms with Crippen LogP contribution in [-0.4, -0.2) is 37.0 Å². The third-order valence-electron chi connectivity index (χ3n) is 0.514. The average Bonchev–Trinajstić information content (AvgIpc) is 1.89.